The number of ether oxygens (including phenoxy) is 1. The minimum Gasteiger partial charge on any atom is -0.389 e. The van der Waals surface area contributed by atoms with Crippen molar-refractivity contribution in [2.75, 3.05) is 44.2 Å². The van der Waals surface area contributed by atoms with Gasteiger partial charge >= 0.3 is 0 Å². The number of piperazine rings is 1. The molecule has 0 amide bonds. The molecule has 4 nitrogen and oxygen atoms in total. The van der Waals surface area contributed by atoms with E-state index in [1.54, 1.807) is 0 Å². The minimum atomic E-state index is -0.442. The van der Waals surface area contributed by atoms with E-state index in [0.717, 1.165) is 44.7 Å². The first-order valence-corrected chi connectivity index (χ1v) is 10.3. The zero-order valence-electron chi connectivity index (χ0n) is 17.0. The molecule has 0 aromatic heterocycles. The first kappa shape index (κ1) is 20.6. The smallest absolute Gasteiger partial charge is 0.123 e. The summed E-state index contributed by atoms with van der Waals surface area (Å²) in [6.07, 6.45) is 3.28. The van der Waals surface area contributed by atoms with Crippen molar-refractivity contribution < 1.29 is 14.2 Å². The molecule has 5 heteroatoms. The highest BCUT2D eigenvalue weighted by Crippen LogP contribution is 2.39. The Labute approximate surface area is 163 Å². The Hall–Kier alpha value is -1.17. The number of hydrogen-bond acceptors (Lipinski definition) is 4. The SMILES string of the molecule is C[C@H]1C[C@@H](OC[C@@H](O)CN2CCN(c3ccc(F)cc3)CC2)CC(C)(C)C1. The van der Waals surface area contributed by atoms with Crippen molar-refractivity contribution in [3.63, 3.8) is 0 Å². The van der Waals surface area contributed by atoms with Gasteiger partial charge in [0.2, 0.25) is 0 Å². The highest BCUT2D eigenvalue weighted by molar-refractivity contribution is 5.46. The molecule has 27 heavy (non-hydrogen) atoms. The highest BCUT2D eigenvalue weighted by atomic mass is 19.1. The van der Waals surface area contributed by atoms with Gasteiger partial charge in [-0.1, -0.05) is 20.8 Å². The van der Waals surface area contributed by atoms with Crippen LogP contribution in [0.25, 0.3) is 0 Å². The number of rotatable bonds is 6. The number of aliphatic hydroxyl groups excluding tert-OH is 1. The summed E-state index contributed by atoms with van der Waals surface area (Å²) in [4.78, 5) is 4.56. The van der Waals surface area contributed by atoms with Crippen LogP contribution in [-0.4, -0.2) is 61.5 Å². The Morgan fingerprint density at radius 3 is 2.44 bits per heavy atom. The van der Waals surface area contributed by atoms with Crippen LogP contribution in [0, 0.1) is 17.2 Å². The first-order valence-electron chi connectivity index (χ1n) is 10.3. The lowest BCUT2D eigenvalue weighted by Crippen LogP contribution is -2.49. The maximum atomic E-state index is 13.1. The van der Waals surface area contributed by atoms with Crippen LogP contribution < -0.4 is 4.90 Å². The van der Waals surface area contributed by atoms with E-state index in [-0.39, 0.29) is 11.9 Å². The van der Waals surface area contributed by atoms with Crippen LogP contribution in [0.2, 0.25) is 0 Å². The standard InChI is InChI=1S/C22H35FN2O2/c1-17-12-21(14-22(2,3)13-17)27-16-20(26)15-24-8-10-25(11-9-24)19-6-4-18(23)5-7-19/h4-7,17,20-21,26H,8-16H2,1-3H3/t17-,20-,21+/m0/s1. The average Bonchev–Trinajstić information content (AvgIpc) is 2.60. The molecule has 1 aromatic carbocycles. The molecule has 1 heterocycles. The molecule has 0 radical (unpaired) electrons. The molecule has 0 bridgehead atoms. The molecule has 1 N–H and O–H groups in total. The van der Waals surface area contributed by atoms with E-state index in [1.165, 1.54) is 18.6 Å². The molecule has 0 spiro atoms. The highest BCUT2D eigenvalue weighted by Gasteiger charge is 2.32. The van der Waals surface area contributed by atoms with Crippen molar-refractivity contribution in [3.05, 3.63) is 30.1 Å². The quantitative estimate of drug-likeness (QED) is 0.821. The molecule has 3 atom stereocenters. The molecule has 0 unspecified atom stereocenters. The Kier molecular flexibility index (Phi) is 6.77. The van der Waals surface area contributed by atoms with Gasteiger partial charge < -0.3 is 14.7 Å². The third-order valence-corrected chi connectivity index (χ3v) is 5.90. The van der Waals surface area contributed by atoms with Crippen molar-refractivity contribution in [2.24, 2.45) is 11.3 Å². The summed E-state index contributed by atoms with van der Waals surface area (Å²) in [5, 5.41) is 10.4. The fraction of sp³-hybridized carbons (Fsp3) is 0.727. The number of nitrogens with zero attached hydrogens (tertiary/aromatic N) is 2. The van der Waals surface area contributed by atoms with Crippen molar-refractivity contribution in [1.82, 2.24) is 4.90 Å². The van der Waals surface area contributed by atoms with Crippen LogP contribution >= 0.6 is 0 Å². The van der Waals surface area contributed by atoms with Crippen LogP contribution in [0.4, 0.5) is 10.1 Å². The van der Waals surface area contributed by atoms with Crippen molar-refractivity contribution in [2.45, 2.75) is 52.2 Å². The maximum absolute atomic E-state index is 13.1. The van der Waals surface area contributed by atoms with Crippen LogP contribution in [0.1, 0.15) is 40.0 Å². The van der Waals surface area contributed by atoms with Crippen LogP contribution in [-0.2, 0) is 4.74 Å². The van der Waals surface area contributed by atoms with Crippen molar-refractivity contribution in [1.29, 1.82) is 0 Å². The van der Waals surface area contributed by atoms with Crippen LogP contribution in [0.15, 0.2) is 24.3 Å². The van der Waals surface area contributed by atoms with E-state index in [0.29, 0.717) is 24.5 Å². The molecule has 1 saturated carbocycles. The Morgan fingerprint density at radius 1 is 1.15 bits per heavy atom. The Bertz CT molecular complexity index is 584. The normalized spacial score (nSPS) is 27.5. The number of anilines is 1. The predicted molar refractivity (Wildman–Crippen MR) is 108 cm³/mol. The lowest BCUT2D eigenvalue weighted by molar-refractivity contribution is -0.0615. The summed E-state index contributed by atoms with van der Waals surface area (Å²) in [6.45, 7) is 11.6. The van der Waals surface area contributed by atoms with E-state index in [2.05, 4.69) is 30.6 Å². The Balaban J connectivity index is 1.38. The van der Waals surface area contributed by atoms with Gasteiger partial charge in [-0.2, -0.15) is 0 Å². The van der Waals surface area contributed by atoms with E-state index in [9.17, 15) is 9.50 Å². The van der Waals surface area contributed by atoms with Crippen LogP contribution in [0.5, 0.6) is 0 Å². The fourth-order valence-corrected chi connectivity index (χ4v) is 4.82. The van der Waals surface area contributed by atoms with Gasteiger partial charge in [-0.15, -0.1) is 0 Å². The van der Waals surface area contributed by atoms with Gasteiger partial charge in [0.1, 0.15) is 5.82 Å². The number of benzene rings is 1. The molecule has 1 aromatic rings. The predicted octanol–water partition coefficient (Wildman–Crippen LogP) is 3.54. The topological polar surface area (TPSA) is 35.9 Å². The monoisotopic (exact) mass is 378 g/mol. The molecule has 2 aliphatic rings. The molecule has 1 aliphatic carbocycles. The molecule has 3 rings (SSSR count). The maximum Gasteiger partial charge on any atom is 0.123 e. The fourth-order valence-electron chi connectivity index (χ4n) is 4.82. The third-order valence-electron chi connectivity index (χ3n) is 5.90. The molecular weight excluding hydrogens is 343 g/mol. The van der Waals surface area contributed by atoms with Crippen molar-refractivity contribution >= 4 is 5.69 Å². The molecular formula is C22H35FN2O2. The van der Waals surface area contributed by atoms with E-state index >= 15 is 0 Å². The zero-order chi connectivity index (χ0) is 19.4. The molecule has 152 valence electrons. The lowest BCUT2D eigenvalue weighted by Gasteiger charge is -2.39. The van der Waals surface area contributed by atoms with Crippen LogP contribution in [0.3, 0.4) is 0 Å². The average molecular weight is 379 g/mol. The number of halogens is 1. The summed E-state index contributed by atoms with van der Waals surface area (Å²) in [5.74, 6) is 0.492. The zero-order valence-corrected chi connectivity index (χ0v) is 17.0. The first-order chi connectivity index (χ1) is 12.8. The van der Waals surface area contributed by atoms with Gasteiger partial charge in [-0.05, 0) is 54.9 Å². The van der Waals surface area contributed by atoms with Gasteiger partial charge in [0.05, 0.1) is 18.8 Å². The Morgan fingerprint density at radius 2 is 1.81 bits per heavy atom. The molecule has 2 fully saturated rings. The minimum absolute atomic E-state index is 0.198. The summed E-state index contributed by atoms with van der Waals surface area (Å²) in [6, 6.07) is 6.69. The lowest BCUT2D eigenvalue weighted by atomic mass is 9.71. The molecule has 1 saturated heterocycles. The van der Waals surface area contributed by atoms with Gasteiger partial charge in [-0.3, -0.25) is 4.90 Å². The summed E-state index contributed by atoms with van der Waals surface area (Å²) >= 11 is 0. The second kappa shape index (κ2) is 8.89. The van der Waals surface area contributed by atoms with Crippen molar-refractivity contribution in [3.8, 4) is 0 Å². The number of aliphatic hydroxyl groups is 1. The second-order valence-corrected chi connectivity index (χ2v) is 9.29. The van der Waals surface area contributed by atoms with E-state index in [1.807, 2.05) is 12.1 Å². The van der Waals surface area contributed by atoms with Gasteiger partial charge in [0.15, 0.2) is 0 Å². The summed E-state index contributed by atoms with van der Waals surface area (Å²) in [5.41, 5.74) is 1.40. The second-order valence-electron chi connectivity index (χ2n) is 9.29. The largest absolute Gasteiger partial charge is 0.389 e. The third kappa shape index (κ3) is 6.16. The summed E-state index contributed by atoms with van der Waals surface area (Å²) < 4.78 is 19.1. The van der Waals surface area contributed by atoms with Gasteiger partial charge in [0.25, 0.3) is 0 Å². The molecule has 1 aliphatic heterocycles. The number of hydrogen-bond donors (Lipinski definition) is 1. The number of β-amino-alcohol motifs (C(OH)–C–C–N with tert-alkyl or cyclic N) is 1. The van der Waals surface area contributed by atoms with Gasteiger partial charge in [-0.25, -0.2) is 4.39 Å². The van der Waals surface area contributed by atoms with E-state index < -0.39 is 6.10 Å². The van der Waals surface area contributed by atoms with Gasteiger partial charge in [0, 0.05) is 38.4 Å². The summed E-state index contributed by atoms with van der Waals surface area (Å²) in [7, 11) is 0. The van der Waals surface area contributed by atoms with E-state index in [4.69, 9.17) is 4.74 Å².